The fraction of sp³-hybridized carbons (Fsp3) is 0.0909. The van der Waals surface area contributed by atoms with Crippen molar-refractivity contribution in [3.8, 4) is 11.3 Å². The Labute approximate surface area is 94.0 Å². The maximum atomic E-state index is 12.7. The van der Waals surface area contributed by atoms with Crippen molar-refractivity contribution >= 4 is 0 Å². The van der Waals surface area contributed by atoms with Crippen LogP contribution in [0.4, 0.5) is 13.2 Å². The zero-order chi connectivity index (χ0) is 12.5. The van der Waals surface area contributed by atoms with Gasteiger partial charge in [0.25, 0.3) is 5.56 Å². The third-order valence-electron chi connectivity index (χ3n) is 2.18. The van der Waals surface area contributed by atoms with E-state index in [9.17, 15) is 18.0 Å². The minimum atomic E-state index is -4.45. The van der Waals surface area contributed by atoms with Crippen molar-refractivity contribution in [3.05, 3.63) is 52.6 Å². The molecule has 0 atom stereocenters. The summed E-state index contributed by atoms with van der Waals surface area (Å²) in [5.74, 6) is 0. The fourth-order valence-corrected chi connectivity index (χ4v) is 1.44. The van der Waals surface area contributed by atoms with Crippen molar-refractivity contribution in [3.63, 3.8) is 0 Å². The van der Waals surface area contributed by atoms with E-state index < -0.39 is 17.3 Å². The number of rotatable bonds is 1. The van der Waals surface area contributed by atoms with Gasteiger partial charge in [0.1, 0.15) is 0 Å². The third kappa shape index (κ3) is 2.35. The van der Waals surface area contributed by atoms with Gasteiger partial charge < -0.3 is 4.98 Å². The van der Waals surface area contributed by atoms with E-state index in [0.29, 0.717) is 0 Å². The van der Waals surface area contributed by atoms with Crippen molar-refractivity contribution in [2.75, 3.05) is 0 Å². The summed E-state index contributed by atoms with van der Waals surface area (Å²) >= 11 is 0. The normalized spacial score (nSPS) is 11.5. The van der Waals surface area contributed by atoms with Crippen LogP contribution < -0.4 is 5.56 Å². The number of nitrogens with zero attached hydrogens (tertiary/aromatic N) is 1. The van der Waals surface area contributed by atoms with Crippen LogP contribution in [0.3, 0.4) is 0 Å². The Hall–Kier alpha value is -2.11. The average Bonchev–Trinajstić information content (AvgIpc) is 2.29. The molecule has 17 heavy (non-hydrogen) atoms. The summed E-state index contributed by atoms with van der Waals surface area (Å²) < 4.78 is 38.1. The molecule has 0 amide bonds. The van der Waals surface area contributed by atoms with E-state index in [1.165, 1.54) is 18.2 Å². The second kappa shape index (κ2) is 4.04. The number of alkyl halides is 3. The van der Waals surface area contributed by atoms with Gasteiger partial charge in [-0.1, -0.05) is 18.2 Å². The van der Waals surface area contributed by atoms with E-state index >= 15 is 0 Å². The first-order valence-corrected chi connectivity index (χ1v) is 4.70. The molecule has 0 spiro atoms. The predicted octanol–water partition coefficient (Wildman–Crippen LogP) is 2.46. The van der Waals surface area contributed by atoms with Crippen LogP contribution in [-0.4, -0.2) is 9.97 Å². The highest BCUT2D eigenvalue weighted by Gasteiger charge is 2.33. The molecule has 0 unspecified atom stereocenters. The molecule has 2 aromatic rings. The van der Waals surface area contributed by atoms with Crippen LogP contribution in [0.5, 0.6) is 0 Å². The van der Waals surface area contributed by atoms with Crippen molar-refractivity contribution in [1.82, 2.24) is 9.97 Å². The molecular weight excluding hydrogens is 233 g/mol. The minimum absolute atomic E-state index is 0.0590. The van der Waals surface area contributed by atoms with E-state index in [4.69, 9.17) is 0 Å². The highest BCUT2D eigenvalue weighted by atomic mass is 19.4. The summed E-state index contributed by atoms with van der Waals surface area (Å²) in [4.78, 5) is 16.8. The topological polar surface area (TPSA) is 45.8 Å². The summed E-state index contributed by atoms with van der Waals surface area (Å²) in [7, 11) is 0. The molecule has 0 radical (unpaired) electrons. The van der Waals surface area contributed by atoms with Gasteiger partial charge >= 0.3 is 6.18 Å². The first kappa shape index (κ1) is 11.4. The van der Waals surface area contributed by atoms with E-state index in [1.807, 2.05) is 0 Å². The van der Waals surface area contributed by atoms with Gasteiger partial charge in [-0.15, -0.1) is 0 Å². The monoisotopic (exact) mass is 240 g/mol. The molecule has 1 heterocycles. The van der Waals surface area contributed by atoms with Crippen molar-refractivity contribution < 1.29 is 13.2 Å². The lowest BCUT2D eigenvalue weighted by atomic mass is 10.0. The van der Waals surface area contributed by atoms with Crippen LogP contribution in [0.1, 0.15) is 5.56 Å². The quantitative estimate of drug-likeness (QED) is 0.832. The average molecular weight is 240 g/mol. The number of hydrogen-bond acceptors (Lipinski definition) is 2. The van der Waals surface area contributed by atoms with Gasteiger partial charge in [0.2, 0.25) is 0 Å². The predicted molar refractivity (Wildman–Crippen MR) is 55.3 cm³/mol. The van der Waals surface area contributed by atoms with Crippen LogP contribution in [0.25, 0.3) is 11.3 Å². The second-order valence-corrected chi connectivity index (χ2v) is 3.34. The molecule has 1 aromatic heterocycles. The first-order chi connectivity index (χ1) is 7.98. The van der Waals surface area contributed by atoms with Gasteiger partial charge in [-0.25, -0.2) is 4.98 Å². The Morgan fingerprint density at radius 3 is 2.47 bits per heavy atom. The van der Waals surface area contributed by atoms with Gasteiger partial charge in [-0.2, -0.15) is 13.2 Å². The minimum Gasteiger partial charge on any atom is -0.326 e. The number of benzene rings is 1. The van der Waals surface area contributed by atoms with E-state index in [2.05, 4.69) is 9.97 Å². The molecule has 0 aliphatic heterocycles. The standard InChI is InChI=1S/C11H7F3N2O/c12-11(13,14)8-4-2-1-3-7(8)9-5-16-10(17)6-15-9/h1-6H,(H,16,17). The van der Waals surface area contributed by atoms with Gasteiger partial charge in [0, 0.05) is 11.8 Å². The van der Waals surface area contributed by atoms with E-state index in [1.54, 1.807) is 0 Å². The molecule has 0 saturated carbocycles. The molecule has 2 rings (SSSR count). The third-order valence-corrected chi connectivity index (χ3v) is 2.18. The number of H-pyrrole nitrogens is 1. The molecular formula is C11H7F3N2O. The number of aromatic amines is 1. The SMILES string of the molecule is O=c1cnc(-c2ccccc2C(F)(F)F)c[nH]1. The Morgan fingerprint density at radius 2 is 1.88 bits per heavy atom. The van der Waals surface area contributed by atoms with E-state index in [-0.39, 0.29) is 11.3 Å². The Bertz CT molecular complexity index is 569. The Balaban J connectivity index is 2.60. The number of aromatic nitrogens is 2. The molecule has 1 N–H and O–H groups in total. The molecule has 6 heteroatoms. The molecule has 3 nitrogen and oxygen atoms in total. The van der Waals surface area contributed by atoms with Crippen molar-refractivity contribution in [2.45, 2.75) is 6.18 Å². The lowest BCUT2D eigenvalue weighted by Gasteiger charge is -2.11. The van der Waals surface area contributed by atoms with Crippen LogP contribution in [0.2, 0.25) is 0 Å². The number of nitrogens with one attached hydrogen (secondary N) is 1. The smallest absolute Gasteiger partial charge is 0.326 e. The van der Waals surface area contributed by atoms with Gasteiger partial charge in [0.05, 0.1) is 17.5 Å². The van der Waals surface area contributed by atoms with Gasteiger partial charge in [0.15, 0.2) is 0 Å². The summed E-state index contributed by atoms with van der Waals surface area (Å²) in [5.41, 5.74) is -1.22. The zero-order valence-corrected chi connectivity index (χ0v) is 8.45. The number of halogens is 3. The fourth-order valence-electron chi connectivity index (χ4n) is 1.44. The highest BCUT2D eigenvalue weighted by molar-refractivity contribution is 5.63. The Kier molecular flexibility index (Phi) is 2.71. The summed E-state index contributed by atoms with van der Waals surface area (Å²) in [6.45, 7) is 0. The molecule has 1 aromatic carbocycles. The maximum Gasteiger partial charge on any atom is 0.417 e. The zero-order valence-electron chi connectivity index (χ0n) is 8.45. The summed E-state index contributed by atoms with van der Waals surface area (Å²) in [5, 5.41) is 0. The molecule has 0 fully saturated rings. The molecule has 0 aliphatic carbocycles. The first-order valence-electron chi connectivity index (χ1n) is 4.70. The van der Waals surface area contributed by atoms with Crippen LogP contribution in [0, 0.1) is 0 Å². The van der Waals surface area contributed by atoms with E-state index in [0.717, 1.165) is 18.5 Å². The van der Waals surface area contributed by atoms with Crippen LogP contribution in [0.15, 0.2) is 41.5 Å². The largest absolute Gasteiger partial charge is 0.417 e. The lowest BCUT2D eigenvalue weighted by Crippen LogP contribution is -2.09. The maximum absolute atomic E-state index is 12.7. The number of hydrogen-bond donors (Lipinski definition) is 1. The second-order valence-electron chi connectivity index (χ2n) is 3.34. The van der Waals surface area contributed by atoms with Crippen LogP contribution in [-0.2, 0) is 6.18 Å². The van der Waals surface area contributed by atoms with Gasteiger partial charge in [-0.05, 0) is 6.07 Å². The van der Waals surface area contributed by atoms with Crippen molar-refractivity contribution in [2.24, 2.45) is 0 Å². The highest BCUT2D eigenvalue weighted by Crippen LogP contribution is 2.35. The Morgan fingerprint density at radius 1 is 1.18 bits per heavy atom. The molecule has 0 saturated heterocycles. The summed E-state index contributed by atoms with van der Waals surface area (Å²) in [6.07, 6.45) is -2.34. The molecule has 0 aliphatic rings. The van der Waals surface area contributed by atoms with Crippen molar-refractivity contribution in [1.29, 1.82) is 0 Å². The summed E-state index contributed by atoms with van der Waals surface area (Å²) in [6, 6.07) is 5.07. The van der Waals surface area contributed by atoms with Gasteiger partial charge in [-0.3, -0.25) is 4.79 Å². The van der Waals surface area contributed by atoms with Crippen LogP contribution >= 0.6 is 0 Å². The lowest BCUT2D eigenvalue weighted by molar-refractivity contribution is -0.137. The molecule has 88 valence electrons. The molecule has 0 bridgehead atoms.